The van der Waals surface area contributed by atoms with Gasteiger partial charge in [-0.1, -0.05) is 42.5 Å². The molecule has 0 aliphatic carbocycles. The summed E-state index contributed by atoms with van der Waals surface area (Å²) in [6, 6.07) is 20.4. The molecule has 0 spiro atoms. The Kier molecular flexibility index (Phi) is 5.81. The summed E-state index contributed by atoms with van der Waals surface area (Å²) in [4.78, 5) is 19.0. The van der Waals surface area contributed by atoms with Gasteiger partial charge in [0, 0.05) is 25.5 Å². The highest BCUT2D eigenvalue weighted by Gasteiger charge is 2.43. The van der Waals surface area contributed by atoms with Gasteiger partial charge >= 0.3 is 0 Å². The van der Waals surface area contributed by atoms with E-state index >= 15 is 0 Å². The Morgan fingerprint density at radius 3 is 2.63 bits per heavy atom. The summed E-state index contributed by atoms with van der Waals surface area (Å²) >= 11 is 0. The summed E-state index contributed by atoms with van der Waals surface area (Å²) < 4.78 is 5.32. The van der Waals surface area contributed by atoms with Crippen LogP contribution >= 0.6 is 0 Å². The molecular formula is C25H27N3O2. The fourth-order valence-corrected chi connectivity index (χ4v) is 4.29. The predicted molar refractivity (Wildman–Crippen MR) is 118 cm³/mol. The Bertz CT molecular complexity index is 1000. The van der Waals surface area contributed by atoms with Crippen LogP contribution < -0.4 is 10.5 Å². The van der Waals surface area contributed by atoms with Crippen LogP contribution in [0, 0.1) is 5.41 Å². The topological polar surface area (TPSA) is 68.4 Å². The second-order valence-corrected chi connectivity index (χ2v) is 8.07. The Morgan fingerprint density at radius 1 is 1.10 bits per heavy atom. The summed E-state index contributed by atoms with van der Waals surface area (Å²) in [5, 5.41) is 0. The van der Waals surface area contributed by atoms with Gasteiger partial charge in [-0.3, -0.25) is 14.7 Å². The molecule has 0 radical (unpaired) electrons. The molecule has 1 fully saturated rings. The highest BCUT2D eigenvalue weighted by molar-refractivity contribution is 5.82. The molecule has 2 N–H and O–H groups in total. The molecule has 154 valence electrons. The first kappa shape index (κ1) is 20.1. The van der Waals surface area contributed by atoms with Crippen LogP contribution in [0.25, 0.3) is 11.1 Å². The van der Waals surface area contributed by atoms with Crippen LogP contribution in [0.4, 0.5) is 0 Å². The van der Waals surface area contributed by atoms with Gasteiger partial charge in [-0.25, -0.2) is 0 Å². The molecule has 1 unspecified atom stereocenters. The second kappa shape index (κ2) is 8.67. The van der Waals surface area contributed by atoms with Crippen molar-refractivity contribution in [2.45, 2.75) is 19.4 Å². The highest BCUT2D eigenvalue weighted by atomic mass is 16.5. The van der Waals surface area contributed by atoms with Crippen molar-refractivity contribution >= 4 is 5.91 Å². The number of rotatable bonds is 7. The molecule has 3 aromatic rings. The van der Waals surface area contributed by atoms with E-state index in [0.29, 0.717) is 13.0 Å². The molecule has 0 saturated carbocycles. The van der Waals surface area contributed by atoms with Gasteiger partial charge in [-0.05, 0) is 59.8 Å². The molecule has 1 aliphatic heterocycles. The first-order valence-electron chi connectivity index (χ1n) is 10.2. The zero-order valence-electron chi connectivity index (χ0n) is 17.3. The number of carbonyl (C=O) groups is 1. The number of aromatic nitrogens is 1. The van der Waals surface area contributed by atoms with Crippen LogP contribution in [0.15, 0.2) is 73.1 Å². The van der Waals surface area contributed by atoms with Crippen molar-refractivity contribution in [1.29, 1.82) is 0 Å². The summed E-state index contributed by atoms with van der Waals surface area (Å²) in [5.41, 5.74) is 9.88. The Morgan fingerprint density at radius 2 is 1.93 bits per heavy atom. The van der Waals surface area contributed by atoms with E-state index in [1.807, 2.05) is 36.5 Å². The molecule has 1 amide bonds. The second-order valence-electron chi connectivity index (χ2n) is 8.07. The van der Waals surface area contributed by atoms with Crippen LogP contribution in [0.1, 0.15) is 17.5 Å². The smallest absolute Gasteiger partial charge is 0.225 e. The van der Waals surface area contributed by atoms with Gasteiger partial charge in [0.2, 0.25) is 5.91 Å². The zero-order chi connectivity index (χ0) is 21.0. The van der Waals surface area contributed by atoms with Crippen molar-refractivity contribution in [3.05, 3.63) is 84.2 Å². The Hall–Kier alpha value is -3.18. The van der Waals surface area contributed by atoms with Crippen LogP contribution in [-0.4, -0.2) is 36.0 Å². The van der Waals surface area contributed by atoms with Gasteiger partial charge in [0.25, 0.3) is 0 Å². The zero-order valence-corrected chi connectivity index (χ0v) is 17.3. The number of nitrogens with two attached hydrogens (primary N) is 1. The van der Waals surface area contributed by atoms with Gasteiger partial charge in [-0.15, -0.1) is 0 Å². The van der Waals surface area contributed by atoms with E-state index in [1.165, 1.54) is 5.56 Å². The molecule has 2 aromatic carbocycles. The lowest BCUT2D eigenvalue weighted by Crippen LogP contribution is -2.41. The normalized spacial score (nSPS) is 19.0. The van der Waals surface area contributed by atoms with Gasteiger partial charge in [0.15, 0.2) is 0 Å². The van der Waals surface area contributed by atoms with Gasteiger partial charge in [-0.2, -0.15) is 0 Å². The number of nitrogens with zero attached hydrogens (tertiary/aromatic N) is 2. The lowest BCUT2D eigenvalue weighted by atomic mass is 9.80. The maximum Gasteiger partial charge on any atom is 0.225 e. The number of methoxy groups -OCH3 is 1. The first-order valence-corrected chi connectivity index (χ1v) is 10.2. The molecule has 1 aliphatic rings. The van der Waals surface area contributed by atoms with Crippen molar-refractivity contribution in [3.63, 3.8) is 0 Å². The number of hydrogen-bond acceptors (Lipinski definition) is 4. The number of carbonyl (C=O) groups excluding carboxylic acids is 1. The lowest BCUT2D eigenvalue weighted by molar-refractivity contribution is -0.127. The van der Waals surface area contributed by atoms with Crippen LogP contribution in [0.3, 0.4) is 0 Å². The van der Waals surface area contributed by atoms with Gasteiger partial charge in [0.05, 0.1) is 12.5 Å². The minimum absolute atomic E-state index is 0.216. The van der Waals surface area contributed by atoms with Crippen molar-refractivity contribution in [2.75, 3.05) is 20.2 Å². The third-order valence-corrected chi connectivity index (χ3v) is 5.99. The quantitative estimate of drug-likeness (QED) is 0.656. The number of ether oxygens (including phenoxy) is 1. The summed E-state index contributed by atoms with van der Waals surface area (Å²) in [7, 11) is 1.67. The van der Waals surface area contributed by atoms with E-state index < -0.39 is 5.41 Å². The third-order valence-electron chi connectivity index (χ3n) is 5.99. The standard InChI is InChI=1S/C25H27N3O2/c1-30-23-6-2-4-20(14-23)17-28-13-11-25(18-28,24(26)29)15-19-7-9-21(10-8-19)22-5-3-12-27-16-22/h2-10,12,14,16H,11,13,15,17-18H2,1H3,(H2,26,29). The number of primary amides is 1. The monoisotopic (exact) mass is 401 g/mol. The van der Waals surface area contributed by atoms with Gasteiger partial charge in [0.1, 0.15) is 5.75 Å². The molecule has 1 saturated heterocycles. The van der Waals surface area contributed by atoms with Crippen molar-refractivity contribution in [1.82, 2.24) is 9.88 Å². The number of pyridine rings is 1. The number of likely N-dealkylation sites (tertiary alicyclic amines) is 1. The maximum absolute atomic E-state index is 12.5. The largest absolute Gasteiger partial charge is 0.497 e. The predicted octanol–water partition coefficient (Wildman–Crippen LogP) is 3.68. The maximum atomic E-state index is 12.5. The van der Waals surface area contributed by atoms with E-state index in [0.717, 1.165) is 42.0 Å². The molecule has 5 heteroatoms. The summed E-state index contributed by atoms with van der Waals surface area (Å²) in [5.74, 6) is 0.633. The minimum Gasteiger partial charge on any atom is -0.497 e. The molecular weight excluding hydrogens is 374 g/mol. The fourth-order valence-electron chi connectivity index (χ4n) is 4.29. The fraction of sp³-hybridized carbons (Fsp3) is 0.280. The first-order chi connectivity index (χ1) is 14.6. The molecule has 5 nitrogen and oxygen atoms in total. The molecule has 1 atom stereocenters. The van der Waals surface area contributed by atoms with Crippen molar-refractivity contribution < 1.29 is 9.53 Å². The minimum atomic E-state index is -0.533. The molecule has 0 bridgehead atoms. The lowest BCUT2D eigenvalue weighted by Gasteiger charge is -2.26. The molecule has 4 rings (SSSR count). The number of hydrogen-bond donors (Lipinski definition) is 1. The SMILES string of the molecule is COc1cccc(CN2CCC(Cc3ccc(-c4cccnc4)cc3)(C(N)=O)C2)c1. The Balaban J connectivity index is 1.46. The molecule has 2 heterocycles. The van der Waals surface area contributed by atoms with Crippen molar-refractivity contribution in [2.24, 2.45) is 11.1 Å². The van der Waals surface area contributed by atoms with Crippen LogP contribution in [0.5, 0.6) is 5.75 Å². The van der Waals surface area contributed by atoms with Crippen molar-refractivity contribution in [3.8, 4) is 16.9 Å². The highest BCUT2D eigenvalue weighted by Crippen LogP contribution is 2.35. The number of benzene rings is 2. The average Bonchev–Trinajstić information content (AvgIpc) is 3.19. The van der Waals surface area contributed by atoms with E-state index in [2.05, 4.69) is 40.2 Å². The van der Waals surface area contributed by atoms with Gasteiger partial charge < -0.3 is 10.5 Å². The van der Waals surface area contributed by atoms with E-state index in [9.17, 15) is 4.79 Å². The summed E-state index contributed by atoms with van der Waals surface area (Å²) in [6.07, 6.45) is 5.06. The van der Waals surface area contributed by atoms with E-state index in [4.69, 9.17) is 10.5 Å². The molecule has 30 heavy (non-hydrogen) atoms. The van der Waals surface area contributed by atoms with Crippen LogP contribution in [0.2, 0.25) is 0 Å². The molecule has 1 aromatic heterocycles. The average molecular weight is 402 g/mol. The Labute approximate surface area is 177 Å². The van der Waals surface area contributed by atoms with E-state index in [-0.39, 0.29) is 5.91 Å². The van der Waals surface area contributed by atoms with Crippen LogP contribution in [-0.2, 0) is 17.8 Å². The number of amides is 1. The van der Waals surface area contributed by atoms with E-state index in [1.54, 1.807) is 13.3 Å². The summed E-state index contributed by atoms with van der Waals surface area (Å²) in [6.45, 7) is 2.31. The third kappa shape index (κ3) is 4.36.